The Kier molecular flexibility index (Phi) is 5.23. The third-order valence-electron chi connectivity index (χ3n) is 3.78. The van der Waals surface area contributed by atoms with Crippen LogP contribution in [0.3, 0.4) is 0 Å². The van der Waals surface area contributed by atoms with E-state index in [9.17, 15) is 4.79 Å². The number of carbonyl (C=O) groups excluding carboxylic acids is 1. The molecule has 6 nitrogen and oxygen atoms in total. The fraction of sp³-hybridized carbons (Fsp3) is 0.278. The lowest BCUT2D eigenvalue weighted by molar-refractivity contribution is 0.0988. The molecular weight excluding hydrogens is 334 g/mol. The number of aryl methyl sites for hydroxylation is 2. The normalized spacial score (nSPS) is 12.1. The molecule has 0 saturated heterocycles. The quantitative estimate of drug-likeness (QED) is 0.500. The molecule has 3 rings (SSSR count). The van der Waals surface area contributed by atoms with Crippen LogP contribution in [0.2, 0.25) is 0 Å². The van der Waals surface area contributed by atoms with Crippen LogP contribution >= 0.6 is 11.8 Å². The molecule has 0 aliphatic rings. The fourth-order valence-corrected chi connectivity index (χ4v) is 3.30. The van der Waals surface area contributed by atoms with Gasteiger partial charge in [0, 0.05) is 36.8 Å². The number of nitrogens with zero attached hydrogens (tertiary/aromatic N) is 5. The zero-order chi connectivity index (χ0) is 17.8. The summed E-state index contributed by atoms with van der Waals surface area (Å²) in [5, 5.41) is 8.98. The highest BCUT2D eigenvalue weighted by Crippen LogP contribution is 2.33. The third kappa shape index (κ3) is 4.30. The van der Waals surface area contributed by atoms with E-state index in [1.165, 1.54) is 0 Å². The van der Waals surface area contributed by atoms with Gasteiger partial charge in [0.25, 0.3) is 0 Å². The van der Waals surface area contributed by atoms with Gasteiger partial charge in [-0.15, -0.1) is 10.2 Å². The summed E-state index contributed by atoms with van der Waals surface area (Å²) in [6.45, 7) is 3.97. The minimum Gasteiger partial charge on any atom is -0.312 e. The third-order valence-corrected chi connectivity index (χ3v) is 4.98. The number of thioether (sulfide) groups is 1. The van der Waals surface area contributed by atoms with Crippen LogP contribution in [0.25, 0.3) is 0 Å². The molecule has 0 bridgehead atoms. The summed E-state index contributed by atoms with van der Waals surface area (Å²) < 4.78 is 1.88. The van der Waals surface area contributed by atoms with Crippen LogP contribution in [-0.2, 0) is 13.5 Å². The van der Waals surface area contributed by atoms with Crippen molar-refractivity contribution >= 4 is 17.5 Å². The van der Waals surface area contributed by atoms with Gasteiger partial charge in [-0.25, -0.2) is 0 Å². The summed E-state index contributed by atoms with van der Waals surface area (Å²) in [7, 11) is 1.91. The van der Waals surface area contributed by atoms with E-state index in [4.69, 9.17) is 0 Å². The number of carbonyl (C=O) groups is 1. The summed E-state index contributed by atoms with van der Waals surface area (Å²) in [5.74, 6) is -0.00347. The first-order chi connectivity index (χ1) is 12.0. The first-order valence-corrected chi connectivity index (χ1v) is 8.82. The van der Waals surface area contributed by atoms with E-state index in [1.54, 1.807) is 30.4 Å². The highest BCUT2D eigenvalue weighted by Gasteiger charge is 2.14. The predicted molar refractivity (Wildman–Crippen MR) is 96.5 cm³/mol. The molecule has 0 radical (unpaired) electrons. The first kappa shape index (κ1) is 17.3. The topological polar surface area (TPSA) is 73.6 Å². The molecule has 3 aromatic heterocycles. The zero-order valence-electron chi connectivity index (χ0n) is 14.4. The molecule has 1 unspecified atom stereocenters. The molecule has 3 heterocycles. The molecule has 0 saturated carbocycles. The van der Waals surface area contributed by atoms with Crippen LogP contribution in [0, 0.1) is 6.92 Å². The number of rotatable bonds is 6. The molecule has 3 aromatic rings. The van der Waals surface area contributed by atoms with Gasteiger partial charge in [-0.05, 0) is 37.1 Å². The van der Waals surface area contributed by atoms with Gasteiger partial charge in [-0.1, -0.05) is 23.9 Å². The molecule has 0 aliphatic carbocycles. The number of hydrogen-bond donors (Lipinski definition) is 0. The average Bonchev–Trinajstić information content (AvgIpc) is 3.00. The Bertz CT molecular complexity index is 892. The lowest BCUT2D eigenvalue weighted by Gasteiger charge is -2.11. The molecular formula is C18H19N5OS. The molecule has 128 valence electrons. The van der Waals surface area contributed by atoms with E-state index in [1.807, 2.05) is 42.9 Å². The minimum absolute atomic E-state index is 0.00347. The van der Waals surface area contributed by atoms with Crippen LogP contribution in [0.15, 0.2) is 48.1 Å². The number of pyridine rings is 2. The zero-order valence-corrected chi connectivity index (χ0v) is 15.2. The monoisotopic (exact) mass is 353 g/mol. The Balaban J connectivity index is 1.73. The SMILES string of the molecule is Cc1cccc(C(=O)Cc2cncc(C(C)Sc3nncn3C)c2)n1. The summed E-state index contributed by atoms with van der Waals surface area (Å²) >= 11 is 1.61. The fourth-order valence-electron chi connectivity index (χ4n) is 2.41. The molecule has 0 aliphatic heterocycles. The summed E-state index contributed by atoms with van der Waals surface area (Å²) in [4.78, 5) is 21.0. The maximum absolute atomic E-state index is 12.4. The Morgan fingerprint density at radius 1 is 1.32 bits per heavy atom. The number of ketones is 1. The predicted octanol–water partition coefficient (Wildman–Crippen LogP) is 3.19. The van der Waals surface area contributed by atoms with Crippen molar-refractivity contribution in [2.45, 2.75) is 30.7 Å². The van der Waals surface area contributed by atoms with Crippen LogP contribution in [0.5, 0.6) is 0 Å². The summed E-state index contributed by atoms with van der Waals surface area (Å²) in [6, 6.07) is 7.50. The van der Waals surface area contributed by atoms with Gasteiger partial charge >= 0.3 is 0 Å². The molecule has 0 N–H and O–H groups in total. The largest absolute Gasteiger partial charge is 0.312 e. The molecule has 25 heavy (non-hydrogen) atoms. The second-order valence-corrected chi connectivity index (χ2v) is 7.18. The van der Waals surface area contributed by atoms with E-state index in [0.29, 0.717) is 12.1 Å². The van der Waals surface area contributed by atoms with Crippen molar-refractivity contribution in [1.82, 2.24) is 24.7 Å². The average molecular weight is 353 g/mol. The van der Waals surface area contributed by atoms with E-state index in [-0.39, 0.29) is 11.0 Å². The van der Waals surface area contributed by atoms with Crippen molar-refractivity contribution in [2.24, 2.45) is 7.05 Å². The van der Waals surface area contributed by atoms with Gasteiger partial charge < -0.3 is 4.57 Å². The van der Waals surface area contributed by atoms with E-state index < -0.39 is 0 Å². The number of Topliss-reactive ketones (excluding diaryl/α,β-unsaturated/α-hetero) is 1. The summed E-state index contributed by atoms with van der Waals surface area (Å²) in [6.07, 6.45) is 5.53. The number of aromatic nitrogens is 5. The highest BCUT2D eigenvalue weighted by atomic mass is 32.2. The lowest BCUT2D eigenvalue weighted by Crippen LogP contribution is -2.07. The van der Waals surface area contributed by atoms with Crippen LogP contribution in [0.1, 0.15) is 39.5 Å². The molecule has 7 heteroatoms. The molecule has 1 atom stereocenters. The minimum atomic E-state index is -0.00347. The van der Waals surface area contributed by atoms with Gasteiger partial charge in [-0.3, -0.25) is 14.8 Å². The Hall–Kier alpha value is -2.54. The second kappa shape index (κ2) is 7.57. The Labute approximate surface area is 150 Å². The first-order valence-electron chi connectivity index (χ1n) is 7.94. The molecule has 0 amide bonds. The van der Waals surface area contributed by atoms with E-state index in [0.717, 1.165) is 22.0 Å². The van der Waals surface area contributed by atoms with Crippen LogP contribution in [-0.4, -0.2) is 30.5 Å². The van der Waals surface area contributed by atoms with Crippen molar-refractivity contribution in [3.63, 3.8) is 0 Å². The van der Waals surface area contributed by atoms with Crippen molar-refractivity contribution in [2.75, 3.05) is 0 Å². The van der Waals surface area contributed by atoms with Gasteiger partial charge in [-0.2, -0.15) is 0 Å². The van der Waals surface area contributed by atoms with Crippen molar-refractivity contribution in [1.29, 1.82) is 0 Å². The van der Waals surface area contributed by atoms with Crippen LogP contribution < -0.4 is 0 Å². The van der Waals surface area contributed by atoms with E-state index >= 15 is 0 Å². The van der Waals surface area contributed by atoms with Crippen molar-refractivity contribution in [3.8, 4) is 0 Å². The second-order valence-electron chi connectivity index (χ2n) is 5.88. The van der Waals surface area contributed by atoms with Gasteiger partial charge in [0.1, 0.15) is 12.0 Å². The maximum Gasteiger partial charge on any atom is 0.191 e. The molecule has 0 fully saturated rings. The van der Waals surface area contributed by atoms with Crippen LogP contribution in [0.4, 0.5) is 0 Å². The van der Waals surface area contributed by atoms with Crippen molar-refractivity contribution in [3.05, 3.63) is 65.5 Å². The molecule has 0 spiro atoms. The molecule has 0 aromatic carbocycles. The highest BCUT2D eigenvalue weighted by molar-refractivity contribution is 7.99. The Morgan fingerprint density at radius 3 is 2.88 bits per heavy atom. The van der Waals surface area contributed by atoms with Gasteiger partial charge in [0.2, 0.25) is 0 Å². The van der Waals surface area contributed by atoms with E-state index in [2.05, 4.69) is 27.1 Å². The maximum atomic E-state index is 12.4. The van der Waals surface area contributed by atoms with Gasteiger partial charge in [0.05, 0.1) is 0 Å². The summed E-state index contributed by atoms with van der Waals surface area (Å²) in [5.41, 5.74) is 3.27. The standard InChI is InChI=1S/C18H19N5OS/c1-12-5-4-6-16(21-12)17(24)8-14-7-15(10-19-9-14)13(2)25-18-22-20-11-23(18)3/h4-7,9-11,13H,8H2,1-3H3. The lowest BCUT2D eigenvalue weighted by atomic mass is 10.1. The Morgan fingerprint density at radius 2 is 2.16 bits per heavy atom. The van der Waals surface area contributed by atoms with Crippen molar-refractivity contribution < 1.29 is 4.79 Å². The number of hydrogen-bond acceptors (Lipinski definition) is 6. The smallest absolute Gasteiger partial charge is 0.191 e. The van der Waals surface area contributed by atoms with Gasteiger partial charge in [0.15, 0.2) is 10.9 Å².